The van der Waals surface area contributed by atoms with E-state index in [1.807, 2.05) is 10.9 Å². The van der Waals surface area contributed by atoms with Gasteiger partial charge >= 0.3 is 0 Å². The minimum Gasteiger partial charge on any atom is -0.378 e. The number of nitrogens with zero attached hydrogens (tertiary/aromatic N) is 2. The lowest BCUT2D eigenvalue weighted by atomic mass is 9.78. The van der Waals surface area contributed by atoms with Crippen LogP contribution in [-0.2, 0) is 11.3 Å². The van der Waals surface area contributed by atoms with Crippen molar-refractivity contribution < 1.29 is 4.74 Å². The van der Waals surface area contributed by atoms with Gasteiger partial charge in [0.2, 0.25) is 0 Å². The molecule has 1 heterocycles. The van der Waals surface area contributed by atoms with E-state index in [1.165, 1.54) is 0 Å². The molecule has 0 amide bonds. The molecule has 0 bridgehead atoms. The van der Waals surface area contributed by atoms with Crippen LogP contribution in [0.25, 0.3) is 0 Å². The van der Waals surface area contributed by atoms with Crippen molar-refractivity contribution in [2.75, 3.05) is 6.61 Å². The highest BCUT2D eigenvalue weighted by molar-refractivity contribution is 9.10. The van der Waals surface area contributed by atoms with Crippen molar-refractivity contribution in [3.63, 3.8) is 0 Å². The minimum absolute atomic E-state index is 0.0657. The molecule has 1 aliphatic rings. The maximum Gasteiger partial charge on any atom is 0.0693 e. The SMILES string of the molecule is CCCn1ncc(Br)c1C(N)CC1CC(OCC)C1. The van der Waals surface area contributed by atoms with Crippen molar-refractivity contribution in [1.82, 2.24) is 9.78 Å². The quantitative estimate of drug-likeness (QED) is 0.835. The van der Waals surface area contributed by atoms with Crippen molar-refractivity contribution in [2.24, 2.45) is 11.7 Å². The van der Waals surface area contributed by atoms with Crippen LogP contribution in [0.5, 0.6) is 0 Å². The second-order valence-corrected chi connectivity index (χ2v) is 6.21. The molecule has 5 heteroatoms. The maximum absolute atomic E-state index is 6.37. The van der Waals surface area contributed by atoms with Gasteiger partial charge in [-0.15, -0.1) is 0 Å². The van der Waals surface area contributed by atoms with Crippen LogP contribution >= 0.6 is 15.9 Å². The fourth-order valence-corrected chi connectivity index (χ4v) is 3.43. The van der Waals surface area contributed by atoms with E-state index in [0.717, 1.165) is 49.0 Å². The fourth-order valence-electron chi connectivity index (χ4n) is 2.84. The highest BCUT2D eigenvalue weighted by Gasteiger charge is 2.32. The number of halogens is 1. The molecule has 1 atom stereocenters. The first-order valence-corrected chi connectivity index (χ1v) is 8.03. The van der Waals surface area contributed by atoms with Crippen molar-refractivity contribution in [1.29, 1.82) is 0 Å². The number of aryl methyl sites for hydroxylation is 1. The molecule has 1 saturated carbocycles. The molecule has 1 aromatic heterocycles. The normalized spacial score (nSPS) is 24.2. The highest BCUT2D eigenvalue weighted by atomic mass is 79.9. The van der Waals surface area contributed by atoms with Crippen molar-refractivity contribution in [2.45, 2.75) is 58.2 Å². The Morgan fingerprint density at radius 2 is 2.26 bits per heavy atom. The molecule has 2 N–H and O–H groups in total. The molecule has 1 fully saturated rings. The van der Waals surface area contributed by atoms with Crippen LogP contribution in [0, 0.1) is 5.92 Å². The monoisotopic (exact) mass is 329 g/mol. The molecule has 19 heavy (non-hydrogen) atoms. The molecule has 1 unspecified atom stereocenters. The number of hydrogen-bond acceptors (Lipinski definition) is 3. The van der Waals surface area contributed by atoms with E-state index in [4.69, 9.17) is 10.5 Å². The summed E-state index contributed by atoms with van der Waals surface area (Å²) in [4.78, 5) is 0. The average molecular weight is 330 g/mol. The Balaban J connectivity index is 1.90. The number of aromatic nitrogens is 2. The Hall–Kier alpha value is -0.390. The summed E-state index contributed by atoms with van der Waals surface area (Å²) in [7, 11) is 0. The van der Waals surface area contributed by atoms with Crippen LogP contribution in [-0.4, -0.2) is 22.5 Å². The largest absolute Gasteiger partial charge is 0.378 e. The summed E-state index contributed by atoms with van der Waals surface area (Å²) in [5.41, 5.74) is 7.51. The van der Waals surface area contributed by atoms with Crippen LogP contribution in [0.4, 0.5) is 0 Å². The molecule has 0 radical (unpaired) electrons. The van der Waals surface area contributed by atoms with Crippen LogP contribution < -0.4 is 5.73 Å². The summed E-state index contributed by atoms with van der Waals surface area (Å²) in [6.45, 7) is 5.96. The molecular formula is C14H24BrN3O. The third kappa shape index (κ3) is 3.58. The molecule has 1 aromatic rings. The number of rotatable bonds is 7. The molecule has 0 saturated heterocycles. The summed E-state index contributed by atoms with van der Waals surface area (Å²) < 4.78 is 8.67. The van der Waals surface area contributed by atoms with Crippen molar-refractivity contribution in [3.05, 3.63) is 16.4 Å². The molecule has 4 nitrogen and oxygen atoms in total. The lowest BCUT2D eigenvalue weighted by Crippen LogP contribution is -2.34. The van der Waals surface area contributed by atoms with Crippen molar-refractivity contribution in [3.8, 4) is 0 Å². The smallest absolute Gasteiger partial charge is 0.0693 e. The highest BCUT2D eigenvalue weighted by Crippen LogP contribution is 2.37. The fraction of sp³-hybridized carbons (Fsp3) is 0.786. The predicted octanol–water partition coefficient (Wildman–Crippen LogP) is 3.26. The van der Waals surface area contributed by atoms with Gasteiger partial charge < -0.3 is 10.5 Å². The summed E-state index contributed by atoms with van der Waals surface area (Å²) in [5, 5.41) is 4.39. The van der Waals surface area contributed by atoms with Gasteiger partial charge in [-0.3, -0.25) is 4.68 Å². The molecule has 108 valence electrons. The maximum atomic E-state index is 6.37. The second-order valence-electron chi connectivity index (χ2n) is 5.36. The Morgan fingerprint density at radius 3 is 2.89 bits per heavy atom. The number of ether oxygens (including phenoxy) is 1. The topological polar surface area (TPSA) is 53.1 Å². The van der Waals surface area contributed by atoms with Crippen LogP contribution in [0.1, 0.15) is 51.3 Å². The number of nitrogens with two attached hydrogens (primary N) is 1. The lowest BCUT2D eigenvalue weighted by Gasteiger charge is -2.36. The Labute approximate surface area is 123 Å². The van der Waals surface area contributed by atoms with Gasteiger partial charge in [0, 0.05) is 19.2 Å². The van der Waals surface area contributed by atoms with Gasteiger partial charge in [0.05, 0.1) is 22.5 Å². The Kier molecular flexibility index (Phi) is 5.42. The summed E-state index contributed by atoms with van der Waals surface area (Å²) in [6, 6.07) is 0.0657. The Morgan fingerprint density at radius 1 is 1.53 bits per heavy atom. The summed E-state index contributed by atoms with van der Waals surface area (Å²) in [5.74, 6) is 0.698. The third-order valence-corrected chi connectivity index (χ3v) is 4.41. The zero-order valence-electron chi connectivity index (χ0n) is 11.8. The van der Waals surface area contributed by atoms with Crippen LogP contribution in [0.15, 0.2) is 10.7 Å². The standard InChI is InChI=1S/C14H24BrN3O/c1-3-5-18-14(12(15)9-17-18)13(16)8-10-6-11(7-10)19-4-2/h9-11,13H,3-8,16H2,1-2H3. The van der Waals surface area contributed by atoms with E-state index < -0.39 is 0 Å². The Bertz CT molecular complexity index is 401. The molecule has 1 aliphatic carbocycles. The third-order valence-electron chi connectivity index (χ3n) is 3.80. The molecule has 0 spiro atoms. The van der Waals surface area contributed by atoms with Gasteiger partial charge in [0.1, 0.15) is 0 Å². The number of hydrogen-bond donors (Lipinski definition) is 1. The first-order chi connectivity index (χ1) is 9.15. The van der Waals surface area contributed by atoms with Gasteiger partial charge in [-0.2, -0.15) is 5.10 Å². The first kappa shape index (κ1) is 15.0. The van der Waals surface area contributed by atoms with Crippen LogP contribution in [0.3, 0.4) is 0 Å². The predicted molar refractivity (Wildman–Crippen MR) is 79.9 cm³/mol. The summed E-state index contributed by atoms with van der Waals surface area (Å²) >= 11 is 3.57. The van der Waals surface area contributed by atoms with Gasteiger partial charge in [-0.1, -0.05) is 6.92 Å². The van der Waals surface area contributed by atoms with E-state index in [-0.39, 0.29) is 6.04 Å². The van der Waals surface area contributed by atoms with Crippen molar-refractivity contribution >= 4 is 15.9 Å². The molecule has 2 rings (SSSR count). The van der Waals surface area contributed by atoms with Crippen LogP contribution in [0.2, 0.25) is 0 Å². The second kappa shape index (κ2) is 6.86. The molecule has 0 aliphatic heterocycles. The zero-order valence-corrected chi connectivity index (χ0v) is 13.4. The zero-order chi connectivity index (χ0) is 13.8. The molecular weight excluding hydrogens is 306 g/mol. The van der Waals surface area contributed by atoms with Gasteiger partial charge in [0.25, 0.3) is 0 Å². The van der Waals surface area contributed by atoms with E-state index in [2.05, 4.69) is 34.9 Å². The van der Waals surface area contributed by atoms with E-state index in [9.17, 15) is 0 Å². The van der Waals surface area contributed by atoms with Gasteiger partial charge in [-0.05, 0) is 54.5 Å². The summed E-state index contributed by atoms with van der Waals surface area (Å²) in [6.07, 6.45) is 6.73. The van der Waals surface area contributed by atoms with Gasteiger partial charge in [-0.25, -0.2) is 0 Å². The van der Waals surface area contributed by atoms with E-state index in [0.29, 0.717) is 12.0 Å². The lowest BCUT2D eigenvalue weighted by molar-refractivity contribution is -0.0283. The van der Waals surface area contributed by atoms with E-state index >= 15 is 0 Å². The van der Waals surface area contributed by atoms with E-state index in [1.54, 1.807) is 0 Å². The average Bonchev–Trinajstić information content (AvgIpc) is 2.68. The first-order valence-electron chi connectivity index (χ1n) is 7.24. The van der Waals surface area contributed by atoms with Gasteiger partial charge in [0.15, 0.2) is 0 Å². The minimum atomic E-state index is 0.0657. The molecule has 0 aromatic carbocycles.